The highest BCUT2D eigenvalue weighted by atomic mass is 16.6. The third-order valence-corrected chi connectivity index (χ3v) is 8.02. The largest absolute Gasteiger partial charge is 0.411 e. The second kappa shape index (κ2) is 8.89. The Balaban J connectivity index is 2.36. The fourth-order valence-electron chi connectivity index (χ4n) is 5.49. The van der Waals surface area contributed by atoms with Crippen LogP contribution in [0, 0.1) is 32.1 Å². The van der Waals surface area contributed by atoms with Crippen LogP contribution in [0.1, 0.15) is 79.1 Å². The lowest BCUT2D eigenvalue weighted by Gasteiger charge is -2.45. The van der Waals surface area contributed by atoms with Gasteiger partial charge in [-0.3, -0.25) is 20.2 Å². The summed E-state index contributed by atoms with van der Waals surface area (Å²) in [7, 11) is 0. The van der Waals surface area contributed by atoms with Crippen LogP contribution in [-0.2, 0) is 0 Å². The number of aliphatic hydroxyl groups is 2. The lowest BCUT2D eigenvalue weighted by molar-refractivity contribution is -0.596. The van der Waals surface area contributed by atoms with E-state index in [-0.39, 0.29) is 62.8 Å². The van der Waals surface area contributed by atoms with Crippen LogP contribution >= 0.6 is 0 Å². The summed E-state index contributed by atoms with van der Waals surface area (Å²) in [5.41, 5.74) is -5.27. The van der Waals surface area contributed by atoms with E-state index in [1.165, 1.54) is 13.8 Å². The highest BCUT2D eigenvalue weighted by molar-refractivity contribution is 5.85. The maximum atomic E-state index is 12.2. The maximum absolute atomic E-state index is 12.2. The van der Waals surface area contributed by atoms with Crippen molar-refractivity contribution in [1.29, 1.82) is 0 Å². The summed E-state index contributed by atoms with van der Waals surface area (Å²) in [5.74, 6) is -1.52. The third kappa shape index (κ3) is 4.70. The number of hydrogen-bond acceptors (Lipinski definition) is 10. The van der Waals surface area contributed by atoms with Crippen molar-refractivity contribution in [2.24, 2.45) is 22.1 Å². The first kappa shape index (κ1) is 25.9. The van der Waals surface area contributed by atoms with Crippen LogP contribution in [0.15, 0.2) is 10.3 Å². The molecule has 2 saturated carbocycles. The first-order valence-electron chi connectivity index (χ1n) is 10.8. The van der Waals surface area contributed by atoms with Crippen LogP contribution in [0.3, 0.4) is 0 Å². The number of oxime groups is 2. The summed E-state index contributed by atoms with van der Waals surface area (Å²) in [6.45, 7) is 6.05. The Morgan fingerprint density at radius 2 is 1.12 bits per heavy atom. The SMILES string of the molecule is C/C(=N/O)C1CC(CCC2([N+](=O)[O-])CCC(C)(O)C(/C(C)=N/O)C2)([N+](=O)[O-])CCC1(C)O. The van der Waals surface area contributed by atoms with Gasteiger partial charge in [-0.1, -0.05) is 10.3 Å². The molecule has 2 rings (SSSR count). The molecule has 0 aromatic carbocycles. The molecular weight excluding hydrogens is 424 g/mol. The average Bonchev–Trinajstić information content (AvgIpc) is 2.72. The number of nitrogens with zero attached hydrogens (tertiary/aromatic N) is 4. The van der Waals surface area contributed by atoms with E-state index in [9.17, 15) is 40.9 Å². The average molecular weight is 459 g/mol. The molecule has 0 aromatic heterocycles. The molecule has 0 saturated heterocycles. The smallest absolute Gasteiger partial charge is 0.223 e. The Kier molecular flexibility index (Phi) is 7.20. The van der Waals surface area contributed by atoms with E-state index in [0.717, 1.165) is 0 Å². The molecule has 12 nitrogen and oxygen atoms in total. The van der Waals surface area contributed by atoms with Crippen LogP contribution in [0.4, 0.5) is 0 Å². The predicted octanol–water partition coefficient (Wildman–Crippen LogP) is 2.60. The second-order valence-electron chi connectivity index (χ2n) is 10.2. The summed E-state index contributed by atoms with van der Waals surface area (Å²) in [5, 5.41) is 70.4. The van der Waals surface area contributed by atoms with Crippen molar-refractivity contribution in [3.8, 4) is 0 Å². The van der Waals surface area contributed by atoms with Crippen molar-refractivity contribution in [2.75, 3.05) is 0 Å². The van der Waals surface area contributed by atoms with E-state index < -0.39 is 44.0 Å². The number of nitro groups is 2. The summed E-state index contributed by atoms with van der Waals surface area (Å²) < 4.78 is 0. The Morgan fingerprint density at radius 1 is 0.812 bits per heavy atom. The summed E-state index contributed by atoms with van der Waals surface area (Å²) in [4.78, 5) is 23.5. The van der Waals surface area contributed by atoms with Crippen molar-refractivity contribution < 1.29 is 30.5 Å². The molecule has 0 spiro atoms. The zero-order valence-corrected chi connectivity index (χ0v) is 19.0. The molecule has 0 aromatic rings. The highest BCUT2D eigenvalue weighted by Crippen LogP contribution is 2.48. The number of hydrogen-bond donors (Lipinski definition) is 4. The van der Waals surface area contributed by atoms with Crippen molar-refractivity contribution in [3.63, 3.8) is 0 Å². The molecule has 0 bridgehead atoms. The van der Waals surface area contributed by atoms with E-state index in [1.54, 1.807) is 13.8 Å². The molecule has 182 valence electrons. The normalized spacial score (nSPS) is 41.3. The first-order valence-corrected chi connectivity index (χ1v) is 10.8. The highest BCUT2D eigenvalue weighted by Gasteiger charge is 2.59. The minimum atomic E-state index is -1.52. The minimum Gasteiger partial charge on any atom is -0.411 e. The third-order valence-electron chi connectivity index (χ3n) is 8.02. The van der Waals surface area contributed by atoms with Crippen molar-refractivity contribution in [3.05, 3.63) is 20.2 Å². The van der Waals surface area contributed by atoms with Gasteiger partial charge in [0.15, 0.2) is 0 Å². The molecule has 32 heavy (non-hydrogen) atoms. The molecule has 0 aliphatic heterocycles. The Labute approximate surface area is 186 Å². The number of rotatable bonds is 7. The van der Waals surface area contributed by atoms with Crippen LogP contribution < -0.4 is 0 Å². The van der Waals surface area contributed by atoms with Gasteiger partial charge in [-0.05, 0) is 40.5 Å². The summed E-state index contributed by atoms with van der Waals surface area (Å²) in [6, 6.07) is 0. The fourth-order valence-corrected chi connectivity index (χ4v) is 5.49. The van der Waals surface area contributed by atoms with Gasteiger partial charge >= 0.3 is 0 Å². The van der Waals surface area contributed by atoms with E-state index in [2.05, 4.69) is 10.3 Å². The van der Waals surface area contributed by atoms with E-state index in [4.69, 9.17) is 0 Å². The molecule has 2 aliphatic rings. The molecule has 2 aliphatic carbocycles. The zero-order valence-electron chi connectivity index (χ0n) is 19.0. The van der Waals surface area contributed by atoms with Gasteiger partial charge in [0.1, 0.15) is 0 Å². The molecule has 2 fully saturated rings. The van der Waals surface area contributed by atoms with E-state index >= 15 is 0 Å². The van der Waals surface area contributed by atoms with E-state index in [0.29, 0.717) is 0 Å². The Bertz CT molecular complexity index is 745. The van der Waals surface area contributed by atoms with Gasteiger partial charge in [0.05, 0.1) is 22.6 Å². The van der Waals surface area contributed by atoms with Gasteiger partial charge in [0.2, 0.25) is 11.1 Å². The zero-order chi connectivity index (χ0) is 24.5. The van der Waals surface area contributed by atoms with Crippen LogP contribution in [0.2, 0.25) is 0 Å². The monoisotopic (exact) mass is 458 g/mol. The summed E-state index contributed by atoms with van der Waals surface area (Å²) in [6.07, 6.45) is -0.158. The molecule has 6 unspecified atom stereocenters. The Morgan fingerprint density at radius 3 is 1.38 bits per heavy atom. The molecule has 12 heteroatoms. The van der Waals surface area contributed by atoms with Gasteiger partial charge in [-0.15, -0.1) is 0 Å². The first-order chi connectivity index (χ1) is 14.7. The fraction of sp³-hybridized carbons (Fsp3) is 0.900. The molecule has 4 N–H and O–H groups in total. The van der Waals surface area contributed by atoms with Crippen molar-refractivity contribution in [2.45, 2.75) is 101 Å². The van der Waals surface area contributed by atoms with Crippen LogP contribution in [0.25, 0.3) is 0 Å². The van der Waals surface area contributed by atoms with Gasteiger partial charge in [-0.25, -0.2) is 0 Å². The summed E-state index contributed by atoms with van der Waals surface area (Å²) >= 11 is 0. The lowest BCUT2D eigenvalue weighted by atomic mass is 9.61. The van der Waals surface area contributed by atoms with Gasteiger partial charge < -0.3 is 20.6 Å². The van der Waals surface area contributed by atoms with Crippen LogP contribution in [-0.4, -0.2) is 64.2 Å². The van der Waals surface area contributed by atoms with Gasteiger partial charge in [0.25, 0.3) is 0 Å². The van der Waals surface area contributed by atoms with Crippen molar-refractivity contribution >= 4 is 11.4 Å². The lowest BCUT2D eigenvalue weighted by Crippen LogP contribution is -2.57. The maximum Gasteiger partial charge on any atom is 0.223 e. The molecular formula is C20H34N4O8. The minimum absolute atomic E-state index is 0.0360. The second-order valence-corrected chi connectivity index (χ2v) is 10.2. The molecule has 0 heterocycles. The Hall–Kier alpha value is -2.34. The molecule has 0 amide bonds. The predicted molar refractivity (Wildman–Crippen MR) is 114 cm³/mol. The van der Waals surface area contributed by atoms with Gasteiger partial charge in [-0.2, -0.15) is 0 Å². The standard InChI is InChI=1S/C20H34N4O8/c1-13(21-27)15-11-19(23(29)30,7-5-17(15,3)25)9-10-20(24(31)32)8-6-18(4,26)16(12-20)14(2)22-28/h15-16,25-28H,5-12H2,1-4H3/b21-13-,22-14+. The van der Waals surface area contributed by atoms with E-state index in [1.807, 2.05) is 0 Å². The molecule has 6 atom stereocenters. The molecule has 0 radical (unpaired) electrons. The van der Waals surface area contributed by atoms with Gasteiger partial charge in [0, 0.05) is 60.2 Å². The quantitative estimate of drug-likeness (QED) is 0.193. The van der Waals surface area contributed by atoms with Crippen molar-refractivity contribution in [1.82, 2.24) is 0 Å². The van der Waals surface area contributed by atoms with Crippen LogP contribution in [0.5, 0.6) is 0 Å². The topological polar surface area (TPSA) is 192 Å².